The van der Waals surface area contributed by atoms with Crippen molar-refractivity contribution in [2.75, 3.05) is 0 Å². The van der Waals surface area contributed by atoms with Gasteiger partial charge in [0.25, 0.3) is 0 Å². The van der Waals surface area contributed by atoms with Crippen molar-refractivity contribution in [2.45, 2.75) is 19.8 Å². The van der Waals surface area contributed by atoms with Crippen LogP contribution in [0.5, 0.6) is 0 Å². The third kappa shape index (κ3) is 1.46. The number of ether oxygens (including phenoxy) is 1. The highest BCUT2D eigenvalue weighted by Gasteiger charge is 2.12. The summed E-state index contributed by atoms with van der Waals surface area (Å²) in [5.74, 6) is 0. The van der Waals surface area contributed by atoms with Gasteiger partial charge in [-0.2, -0.15) is 0 Å². The fraction of sp³-hybridized carbons (Fsp3) is 0.333. The van der Waals surface area contributed by atoms with Gasteiger partial charge >= 0.3 is 0 Å². The lowest BCUT2D eigenvalue weighted by Gasteiger charge is -2.02. The Labute approximate surface area is 78.1 Å². The van der Waals surface area contributed by atoms with Gasteiger partial charge in [-0.1, -0.05) is 18.2 Å². The second-order valence-electron chi connectivity index (χ2n) is 2.75. The molecule has 66 valence electrons. The van der Waals surface area contributed by atoms with Crippen molar-refractivity contribution >= 4 is 12.4 Å². The van der Waals surface area contributed by atoms with Gasteiger partial charge in [0.2, 0.25) is 0 Å². The first-order chi connectivity index (χ1) is 5.42. The van der Waals surface area contributed by atoms with E-state index in [0.717, 1.165) is 13.2 Å². The molecule has 0 saturated heterocycles. The Kier molecular flexibility index (Phi) is 3.09. The van der Waals surface area contributed by atoms with Crippen molar-refractivity contribution in [2.24, 2.45) is 5.73 Å². The van der Waals surface area contributed by atoms with E-state index < -0.39 is 0 Å². The Hall–Kier alpha value is -0.570. The third-order valence-electron chi connectivity index (χ3n) is 2.09. The molecule has 0 atom stereocenters. The summed E-state index contributed by atoms with van der Waals surface area (Å²) < 4.78 is 5.30. The van der Waals surface area contributed by atoms with Crippen LogP contribution in [0.2, 0.25) is 0 Å². The highest BCUT2D eigenvalue weighted by atomic mass is 35.5. The Morgan fingerprint density at radius 1 is 1.33 bits per heavy atom. The van der Waals surface area contributed by atoms with Crippen LogP contribution in [0.25, 0.3) is 0 Å². The van der Waals surface area contributed by atoms with E-state index in [4.69, 9.17) is 10.5 Å². The molecule has 1 aromatic rings. The molecule has 0 saturated carbocycles. The van der Waals surface area contributed by atoms with E-state index in [1.54, 1.807) is 0 Å². The minimum atomic E-state index is 0. The molecule has 1 heterocycles. The second kappa shape index (κ2) is 3.90. The Morgan fingerprint density at radius 3 is 2.92 bits per heavy atom. The zero-order chi connectivity index (χ0) is 7.68. The molecule has 0 amide bonds. The molecule has 0 radical (unpaired) electrons. The summed E-state index contributed by atoms with van der Waals surface area (Å²) >= 11 is 0. The molecule has 2 N–H and O–H groups in total. The van der Waals surface area contributed by atoms with Gasteiger partial charge in [-0.15, -0.1) is 12.4 Å². The Morgan fingerprint density at radius 2 is 2.17 bits per heavy atom. The molecular weight excluding hydrogens is 174 g/mol. The monoisotopic (exact) mass is 185 g/mol. The highest BCUT2D eigenvalue weighted by molar-refractivity contribution is 5.85. The van der Waals surface area contributed by atoms with Gasteiger partial charge in [0.1, 0.15) is 0 Å². The zero-order valence-electron chi connectivity index (χ0n) is 6.75. The Balaban J connectivity index is 0.000000720. The zero-order valence-corrected chi connectivity index (χ0v) is 7.56. The van der Waals surface area contributed by atoms with Gasteiger partial charge in [-0.25, -0.2) is 0 Å². The van der Waals surface area contributed by atoms with E-state index in [-0.39, 0.29) is 12.4 Å². The van der Waals surface area contributed by atoms with E-state index in [1.807, 2.05) is 6.07 Å². The highest BCUT2D eigenvalue weighted by Crippen LogP contribution is 2.22. The molecule has 0 aromatic heterocycles. The number of hydrogen-bond acceptors (Lipinski definition) is 2. The maximum absolute atomic E-state index is 5.57. The van der Waals surface area contributed by atoms with E-state index in [0.29, 0.717) is 6.54 Å². The topological polar surface area (TPSA) is 35.2 Å². The van der Waals surface area contributed by atoms with Crippen molar-refractivity contribution in [1.82, 2.24) is 0 Å². The number of fused-ring (bicyclic) bond motifs is 1. The molecule has 1 aliphatic heterocycles. The smallest absolute Gasteiger partial charge is 0.0728 e. The van der Waals surface area contributed by atoms with Crippen molar-refractivity contribution in [3.05, 3.63) is 34.9 Å². The first-order valence-electron chi connectivity index (χ1n) is 3.79. The van der Waals surface area contributed by atoms with E-state index in [9.17, 15) is 0 Å². The van der Waals surface area contributed by atoms with Crippen molar-refractivity contribution in [3.63, 3.8) is 0 Å². The van der Waals surface area contributed by atoms with Gasteiger partial charge in [0.05, 0.1) is 13.2 Å². The second-order valence-corrected chi connectivity index (χ2v) is 2.75. The SMILES string of the molecule is Cl.NCc1cccc2c1COC2. The number of halogens is 1. The molecule has 0 fully saturated rings. The lowest BCUT2D eigenvalue weighted by atomic mass is 10.0. The lowest BCUT2D eigenvalue weighted by Crippen LogP contribution is -2.00. The summed E-state index contributed by atoms with van der Waals surface area (Å²) in [6, 6.07) is 6.20. The minimum absolute atomic E-state index is 0. The molecule has 3 heteroatoms. The van der Waals surface area contributed by atoms with Gasteiger partial charge in [0, 0.05) is 6.54 Å². The van der Waals surface area contributed by atoms with Gasteiger partial charge in [-0.05, 0) is 16.7 Å². The predicted octanol–water partition coefficient (Wildman–Crippen LogP) is 1.60. The van der Waals surface area contributed by atoms with Crippen LogP contribution < -0.4 is 5.73 Å². The van der Waals surface area contributed by atoms with E-state index in [2.05, 4.69) is 12.1 Å². The largest absolute Gasteiger partial charge is 0.372 e. The predicted molar refractivity (Wildman–Crippen MR) is 50.1 cm³/mol. The quantitative estimate of drug-likeness (QED) is 0.722. The van der Waals surface area contributed by atoms with Crippen LogP contribution in [-0.4, -0.2) is 0 Å². The molecular formula is C9H12ClNO. The standard InChI is InChI=1S/C9H11NO.ClH/c10-4-7-2-1-3-8-5-11-6-9(7)8;/h1-3H,4-6,10H2;1H. The molecule has 2 nitrogen and oxygen atoms in total. The van der Waals surface area contributed by atoms with Crippen molar-refractivity contribution in [1.29, 1.82) is 0 Å². The van der Waals surface area contributed by atoms with Crippen LogP contribution >= 0.6 is 12.4 Å². The molecule has 0 aliphatic carbocycles. The summed E-state index contributed by atoms with van der Waals surface area (Å²) in [4.78, 5) is 0. The van der Waals surface area contributed by atoms with Crippen LogP contribution in [0.1, 0.15) is 16.7 Å². The maximum atomic E-state index is 5.57. The van der Waals surface area contributed by atoms with Crippen LogP contribution in [0.3, 0.4) is 0 Å². The maximum Gasteiger partial charge on any atom is 0.0728 e. The summed E-state index contributed by atoms with van der Waals surface area (Å²) in [5.41, 5.74) is 9.39. The summed E-state index contributed by atoms with van der Waals surface area (Å²) in [7, 11) is 0. The molecule has 0 bridgehead atoms. The summed E-state index contributed by atoms with van der Waals surface area (Å²) in [5, 5.41) is 0. The van der Waals surface area contributed by atoms with Crippen molar-refractivity contribution < 1.29 is 4.74 Å². The fourth-order valence-corrected chi connectivity index (χ4v) is 1.46. The van der Waals surface area contributed by atoms with E-state index >= 15 is 0 Å². The molecule has 2 rings (SSSR count). The van der Waals surface area contributed by atoms with Crippen LogP contribution in [0.4, 0.5) is 0 Å². The van der Waals surface area contributed by atoms with Crippen LogP contribution in [0, 0.1) is 0 Å². The number of hydrogen-bond donors (Lipinski definition) is 1. The first-order valence-corrected chi connectivity index (χ1v) is 3.79. The lowest BCUT2D eigenvalue weighted by molar-refractivity contribution is 0.134. The Bertz CT molecular complexity index is 275. The fourth-order valence-electron chi connectivity index (χ4n) is 1.46. The van der Waals surface area contributed by atoms with E-state index in [1.165, 1.54) is 16.7 Å². The summed E-state index contributed by atoms with van der Waals surface area (Å²) in [6.45, 7) is 2.11. The molecule has 12 heavy (non-hydrogen) atoms. The number of benzene rings is 1. The molecule has 1 aromatic carbocycles. The van der Waals surface area contributed by atoms with Crippen LogP contribution in [-0.2, 0) is 24.5 Å². The van der Waals surface area contributed by atoms with Crippen molar-refractivity contribution in [3.8, 4) is 0 Å². The first kappa shape index (κ1) is 9.52. The molecule has 0 spiro atoms. The molecule has 1 aliphatic rings. The number of rotatable bonds is 1. The van der Waals surface area contributed by atoms with Crippen LogP contribution in [0.15, 0.2) is 18.2 Å². The average Bonchev–Trinajstić information content (AvgIpc) is 2.50. The van der Waals surface area contributed by atoms with Gasteiger partial charge in [0.15, 0.2) is 0 Å². The minimum Gasteiger partial charge on any atom is -0.372 e. The molecule has 0 unspecified atom stereocenters. The van der Waals surface area contributed by atoms with Gasteiger partial charge in [-0.3, -0.25) is 0 Å². The average molecular weight is 186 g/mol. The van der Waals surface area contributed by atoms with Gasteiger partial charge < -0.3 is 10.5 Å². The third-order valence-corrected chi connectivity index (χ3v) is 2.09. The normalized spacial score (nSPS) is 13.8. The number of nitrogens with two attached hydrogens (primary N) is 1. The summed E-state index contributed by atoms with van der Waals surface area (Å²) in [6.07, 6.45) is 0.